The maximum atomic E-state index is 13.4. The van der Waals surface area contributed by atoms with Crippen LogP contribution in [0.25, 0.3) is 5.69 Å². The van der Waals surface area contributed by atoms with Gasteiger partial charge in [0.2, 0.25) is 0 Å². The van der Waals surface area contributed by atoms with E-state index in [1.807, 2.05) is 0 Å². The van der Waals surface area contributed by atoms with Crippen molar-refractivity contribution >= 4 is 23.2 Å². The second kappa shape index (κ2) is 8.98. The topological polar surface area (TPSA) is 65.4 Å². The first-order valence-corrected chi connectivity index (χ1v) is 10.5. The summed E-state index contributed by atoms with van der Waals surface area (Å²) in [4.78, 5) is 13.3. The molecule has 1 aromatic heterocycles. The van der Waals surface area contributed by atoms with E-state index in [9.17, 15) is 9.18 Å². The number of carbonyl (C=O) groups excluding carboxylic acids is 1. The van der Waals surface area contributed by atoms with Crippen LogP contribution in [0.3, 0.4) is 0 Å². The highest BCUT2D eigenvalue weighted by atomic mass is 35.5. The fraction of sp³-hybridized carbons (Fsp3) is 0.304. The number of ether oxygens (including phenoxy) is 2. The molecule has 6 nitrogen and oxygen atoms in total. The molecule has 0 bridgehead atoms. The second-order valence-electron chi connectivity index (χ2n) is 7.36. The van der Waals surface area contributed by atoms with Crippen molar-refractivity contribution < 1.29 is 18.7 Å². The minimum atomic E-state index is -0.349. The van der Waals surface area contributed by atoms with Gasteiger partial charge in [0.25, 0.3) is 5.91 Å². The number of hydrogen-bond acceptors (Lipinski definition) is 4. The fourth-order valence-corrected chi connectivity index (χ4v) is 4.13. The zero-order valence-electron chi connectivity index (χ0n) is 17.4. The van der Waals surface area contributed by atoms with Crippen molar-refractivity contribution in [2.24, 2.45) is 0 Å². The summed E-state index contributed by atoms with van der Waals surface area (Å²) in [5, 5.41) is 7.86. The van der Waals surface area contributed by atoms with Crippen LogP contribution < -0.4 is 14.8 Å². The molecule has 3 aromatic rings. The molecule has 0 unspecified atom stereocenters. The highest BCUT2D eigenvalue weighted by Crippen LogP contribution is 2.36. The monoisotopic (exact) mass is 443 g/mol. The van der Waals surface area contributed by atoms with Gasteiger partial charge in [0, 0.05) is 17.3 Å². The lowest BCUT2D eigenvalue weighted by Gasteiger charge is -2.13. The Hall–Kier alpha value is -3.06. The number of nitrogens with zero attached hydrogens (tertiary/aromatic N) is 2. The third-order valence-corrected chi connectivity index (χ3v) is 5.73. The van der Waals surface area contributed by atoms with E-state index < -0.39 is 0 Å². The van der Waals surface area contributed by atoms with E-state index in [1.54, 1.807) is 28.9 Å². The SMILES string of the molecule is COc1cc(OC)c(NC(=O)c2nn(-c3ccc(F)cc3)c3c2CCCCC3)cc1Cl. The zero-order chi connectivity index (χ0) is 22.0. The number of fused-ring (bicyclic) bond motifs is 1. The average molecular weight is 444 g/mol. The molecule has 162 valence electrons. The number of amides is 1. The van der Waals surface area contributed by atoms with E-state index in [1.165, 1.54) is 26.4 Å². The summed E-state index contributed by atoms with van der Waals surface area (Å²) in [5.74, 6) is 0.214. The summed E-state index contributed by atoms with van der Waals surface area (Å²) in [6, 6.07) is 9.33. The Labute approximate surface area is 184 Å². The summed E-state index contributed by atoms with van der Waals surface area (Å²) in [7, 11) is 3.02. The van der Waals surface area contributed by atoms with Crippen LogP contribution in [-0.2, 0) is 12.8 Å². The Morgan fingerprint density at radius 3 is 2.48 bits per heavy atom. The molecule has 31 heavy (non-hydrogen) atoms. The van der Waals surface area contributed by atoms with Gasteiger partial charge in [-0.1, -0.05) is 18.0 Å². The van der Waals surface area contributed by atoms with Crippen LogP contribution >= 0.6 is 11.6 Å². The van der Waals surface area contributed by atoms with Crippen molar-refractivity contribution in [1.29, 1.82) is 0 Å². The van der Waals surface area contributed by atoms with E-state index in [0.717, 1.165) is 49.0 Å². The molecule has 1 amide bonds. The Bertz CT molecular complexity index is 1110. The van der Waals surface area contributed by atoms with Gasteiger partial charge in [-0.05, 0) is 56.0 Å². The van der Waals surface area contributed by atoms with E-state index in [4.69, 9.17) is 21.1 Å². The fourth-order valence-electron chi connectivity index (χ4n) is 3.89. The largest absolute Gasteiger partial charge is 0.495 e. The van der Waals surface area contributed by atoms with Crippen molar-refractivity contribution in [3.63, 3.8) is 0 Å². The number of carbonyl (C=O) groups is 1. The first kappa shape index (κ1) is 21.2. The first-order valence-electron chi connectivity index (χ1n) is 10.1. The lowest BCUT2D eigenvalue weighted by Crippen LogP contribution is -2.15. The van der Waals surface area contributed by atoms with Gasteiger partial charge in [-0.25, -0.2) is 9.07 Å². The van der Waals surface area contributed by atoms with Gasteiger partial charge < -0.3 is 14.8 Å². The highest BCUT2D eigenvalue weighted by Gasteiger charge is 2.25. The molecule has 0 saturated carbocycles. The van der Waals surface area contributed by atoms with Crippen LogP contribution in [0.2, 0.25) is 5.02 Å². The molecular weight excluding hydrogens is 421 g/mol. The van der Waals surface area contributed by atoms with Crippen LogP contribution in [0.15, 0.2) is 36.4 Å². The minimum Gasteiger partial charge on any atom is -0.495 e. The van der Waals surface area contributed by atoms with Crippen LogP contribution in [0.5, 0.6) is 11.5 Å². The second-order valence-corrected chi connectivity index (χ2v) is 7.77. The molecule has 1 heterocycles. The van der Waals surface area contributed by atoms with Crippen molar-refractivity contribution in [1.82, 2.24) is 9.78 Å². The van der Waals surface area contributed by atoms with Gasteiger partial charge in [0.05, 0.1) is 30.6 Å². The van der Waals surface area contributed by atoms with E-state index in [2.05, 4.69) is 10.4 Å². The highest BCUT2D eigenvalue weighted by molar-refractivity contribution is 6.32. The van der Waals surface area contributed by atoms with E-state index in [0.29, 0.717) is 27.9 Å². The van der Waals surface area contributed by atoms with Crippen molar-refractivity contribution in [2.45, 2.75) is 32.1 Å². The maximum Gasteiger partial charge on any atom is 0.276 e. The van der Waals surface area contributed by atoms with Gasteiger partial charge >= 0.3 is 0 Å². The summed E-state index contributed by atoms with van der Waals surface area (Å²) in [6.07, 6.45) is 4.66. The molecule has 0 radical (unpaired) electrons. The van der Waals surface area contributed by atoms with Crippen molar-refractivity contribution in [3.05, 3.63) is 64.2 Å². The number of nitrogens with one attached hydrogen (secondary N) is 1. The third-order valence-electron chi connectivity index (χ3n) is 5.44. The number of aromatic nitrogens is 2. The van der Waals surface area contributed by atoms with Gasteiger partial charge in [0.15, 0.2) is 5.69 Å². The smallest absolute Gasteiger partial charge is 0.276 e. The third kappa shape index (κ3) is 4.23. The molecule has 1 N–H and O–H groups in total. The molecule has 0 saturated heterocycles. The lowest BCUT2D eigenvalue weighted by atomic mass is 10.1. The molecular formula is C23H23ClFN3O3. The predicted molar refractivity (Wildman–Crippen MR) is 117 cm³/mol. The van der Waals surface area contributed by atoms with Crippen molar-refractivity contribution in [3.8, 4) is 17.2 Å². The molecule has 0 atom stereocenters. The Morgan fingerprint density at radius 1 is 1.06 bits per heavy atom. The normalized spacial score (nSPS) is 13.3. The molecule has 4 rings (SSSR count). The zero-order valence-corrected chi connectivity index (χ0v) is 18.1. The van der Waals surface area contributed by atoms with Crippen LogP contribution in [0, 0.1) is 5.82 Å². The summed E-state index contributed by atoms with van der Waals surface area (Å²) in [5.41, 5.74) is 3.43. The van der Waals surface area contributed by atoms with Crippen LogP contribution in [0.4, 0.5) is 10.1 Å². The van der Waals surface area contributed by atoms with Gasteiger partial charge in [-0.2, -0.15) is 5.10 Å². The molecule has 1 aliphatic carbocycles. The number of halogens is 2. The summed E-state index contributed by atoms with van der Waals surface area (Å²) >= 11 is 6.24. The van der Waals surface area contributed by atoms with E-state index in [-0.39, 0.29) is 11.7 Å². The first-order chi connectivity index (χ1) is 15.0. The quantitative estimate of drug-likeness (QED) is 0.550. The Kier molecular flexibility index (Phi) is 6.13. The number of benzene rings is 2. The Balaban J connectivity index is 1.73. The number of hydrogen-bond donors (Lipinski definition) is 1. The summed E-state index contributed by atoms with van der Waals surface area (Å²) < 4.78 is 25.8. The predicted octanol–water partition coefficient (Wildman–Crippen LogP) is 5.20. The molecule has 0 fully saturated rings. The summed E-state index contributed by atoms with van der Waals surface area (Å²) in [6.45, 7) is 0. The average Bonchev–Trinajstić information content (AvgIpc) is 2.96. The van der Waals surface area contributed by atoms with Gasteiger partial charge in [0.1, 0.15) is 17.3 Å². The molecule has 0 spiro atoms. The van der Waals surface area contributed by atoms with Crippen LogP contribution in [0.1, 0.15) is 41.0 Å². The number of rotatable bonds is 5. The lowest BCUT2D eigenvalue weighted by molar-refractivity contribution is 0.102. The molecule has 0 aliphatic heterocycles. The standard InChI is InChI=1S/C23H23ClFN3O3/c1-30-20-13-21(31-2)18(12-17(20)24)26-23(29)22-16-6-4-3-5-7-19(16)28(27-22)15-10-8-14(25)9-11-15/h8-13H,3-7H2,1-2H3,(H,26,29). The number of anilines is 1. The molecule has 1 aliphatic rings. The molecule has 8 heteroatoms. The van der Waals surface area contributed by atoms with Gasteiger partial charge in [-0.3, -0.25) is 4.79 Å². The minimum absolute atomic E-state index is 0.316. The maximum absolute atomic E-state index is 13.4. The van der Waals surface area contributed by atoms with Crippen molar-refractivity contribution in [2.75, 3.05) is 19.5 Å². The number of methoxy groups -OCH3 is 2. The van der Waals surface area contributed by atoms with Gasteiger partial charge in [-0.15, -0.1) is 0 Å². The Morgan fingerprint density at radius 2 is 1.77 bits per heavy atom. The molecule has 2 aromatic carbocycles. The van der Waals surface area contributed by atoms with Crippen LogP contribution in [-0.4, -0.2) is 29.9 Å². The van der Waals surface area contributed by atoms with E-state index >= 15 is 0 Å².